The molecule has 1 aromatic carbocycles. The molecule has 0 amide bonds. The molecular weight excluding hydrogens is 368 g/mol. The van der Waals surface area contributed by atoms with Crippen molar-refractivity contribution in [2.75, 3.05) is 6.61 Å². The third-order valence-corrected chi connectivity index (χ3v) is 6.21. The molecule has 0 unspecified atom stereocenters. The van der Waals surface area contributed by atoms with Gasteiger partial charge in [0.1, 0.15) is 6.73 Å². The average molecular weight is 388 g/mol. The van der Waals surface area contributed by atoms with Gasteiger partial charge in [-0.05, 0) is 18.2 Å². The van der Waals surface area contributed by atoms with Gasteiger partial charge >= 0.3 is 0 Å². The molecule has 0 aliphatic heterocycles. The molecule has 0 aliphatic carbocycles. The highest BCUT2D eigenvalue weighted by molar-refractivity contribution is 6.76. The molecule has 0 atom stereocenters. The van der Waals surface area contributed by atoms with Crippen LogP contribution < -0.4 is 22.2 Å². The monoisotopic (exact) mass is 388 g/mol. The van der Waals surface area contributed by atoms with E-state index < -0.39 is 36.2 Å². The lowest BCUT2D eigenvalue weighted by molar-refractivity contribution is 0.0838. The molecule has 3 rings (SSSR count). The summed E-state index contributed by atoms with van der Waals surface area (Å²) >= 11 is 0. The van der Waals surface area contributed by atoms with Crippen molar-refractivity contribution in [3.63, 3.8) is 0 Å². The molecule has 2 aromatic heterocycles. The molecule has 8 nitrogen and oxygen atoms in total. The van der Waals surface area contributed by atoms with E-state index in [0.717, 1.165) is 17.5 Å². The number of aromatic nitrogens is 2. The smallest absolute Gasteiger partial charge is 0.268 e. The Hall–Kier alpha value is -2.65. The Morgan fingerprint density at radius 2 is 1.33 bits per heavy atom. The van der Waals surface area contributed by atoms with E-state index in [4.69, 9.17) is 4.74 Å². The van der Waals surface area contributed by atoms with Crippen LogP contribution in [0.5, 0.6) is 0 Å². The minimum Gasteiger partial charge on any atom is -0.361 e. The van der Waals surface area contributed by atoms with Gasteiger partial charge in [0.15, 0.2) is 0 Å². The molecular formula is C18H20N2O6Si. The second-order valence-corrected chi connectivity index (χ2v) is 13.4. The SMILES string of the molecule is CC(=O)n1c(=O)c2cc3c(=O)n(COCC[Si](C)(C)C)c(=O)c3cc2c1=O. The summed E-state index contributed by atoms with van der Waals surface area (Å²) < 4.78 is 6.96. The van der Waals surface area contributed by atoms with Crippen LogP contribution in [0.25, 0.3) is 21.5 Å². The largest absolute Gasteiger partial charge is 0.361 e. The highest BCUT2D eigenvalue weighted by Gasteiger charge is 2.21. The molecule has 0 aliphatic rings. The van der Waals surface area contributed by atoms with Crippen LogP contribution in [0.15, 0.2) is 31.3 Å². The van der Waals surface area contributed by atoms with E-state index >= 15 is 0 Å². The summed E-state index contributed by atoms with van der Waals surface area (Å²) in [4.78, 5) is 61.2. The van der Waals surface area contributed by atoms with Gasteiger partial charge in [-0.15, -0.1) is 0 Å². The molecule has 9 heteroatoms. The van der Waals surface area contributed by atoms with Gasteiger partial charge in [-0.1, -0.05) is 19.6 Å². The van der Waals surface area contributed by atoms with E-state index in [-0.39, 0.29) is 28.3 Å². The molecule has 0 radical (unpaired) electrons. The van der Waals surface area contributed by atoms with Crippen molar-refractivity contribution in [3.05, 3.63) is 53.5 Å². The number of ether oxygens (including phenoxy) is 1. The first-order chi connectivity index (χ1) is 12.5. The van der Waals surface area contributed by atoms with E-state index in [1.807, 2.05) is 0 Å². The van der Waals surface area contributed by atoms with Crippen LogP contribution in [0.4, 0.5) is 0 Å². The van der Waals surface area contributed by atoms with Gasteiger partial charge < -0.3 is 4.74 Å². The Labute approximate surface area is 154 Å². The van der Waals surface area contributed by atoms with Crippen LogP contribution in [-0.4, -0.2) is 29.7 Å². The fourth-order valence-electron chi connectivity index (χ4n) is 2.96. The van der Waals surface area contributed by atoms with Crippen LogP contribution >= 0.6 is 0 Å². The molecule has 27 heavy (non-hydrogen) atoms. The molecule has 0 fully saturated rings. The normalized spacial score (nSPS) is 12.3. The van der Waals surface area contributed by atoms with Crippen LogP contribution in [0.3, 0.4) is 0 Å². The standard InChI is InChI=1S/C18H20N2O6Si/c1-10(21)20-17(24)13-7-11-12(8-14(13)18(20)25)16(23)19(15(11)22)9-26-5-6-27(2,3)4/h7-8H,5-6,9H2,1-4H3. The zero-order chi connectivity index (χ0) is 20.1. The number of fused-ring (bicyclic) bond motifs is 2. The molecule has 0 spiro atoms. The number of benzene rings is 1. The number of nitrogens with zero attached hydrogens (tertiary/aromatic N) is 2. The van der Waals surface area contributed by atoms with Crippen molar-refractivity contribution < 1.29 is 9.53 Å². The molecule has 142 valence electrons. The van der Waals surface area contributed by atoms with Crippen molar-refractivity contribution in [2.24, 2.45) is 0 Å². The Morgan fingerprint density at radius 3 is 1.74 bits per heavy atom. The number of rotatable bonds is 5. The second kappa shape index (κ2) is 6.50. The van der Waals surface area contributed by atoms with Crippen LogP contribution in [-0.2, 0) is 11.5 Å². The lowest BCUT2D eigenvalue weighted by Gasteiger charge is -2.15. The van der Waals surface area contributed by atoms with E-state index in [2.05, 4.69) is 19.6 Å². The number of hydrogen-bond acceptors (Lipinski definition) is 6. The molecule has 0 saturated heterocycles. The first kappa shape index (κ1) is 19.1. The quantitative estimate of drug-likeness (QED) is 0.475. The second-order valence-electron chi connectivity index (χ2n) is 7.79. The van der Waals surface area contributed by atoms with Crippen LogP contribution in [0, 0.1) is 0 Å². The topological polar surface area (TPSA) is 104 Å². The van der Waals surface area contributed by atoms with Crippen molar-refractivity contribution in [3.8, 4) is 0 Å². The first-order valence-corrected chi connectivity index (χ1v) is 12.2. The highest BCUT2D eigenvalue weighted by Crippen LogP contribution is 2.14. The van der Waals surface area contributed by atoms with Gasteiger partial charge in [-0.2, -0.15) is 0 Å². The summed E-state index contributed by atoms with van der Waals surface area (Å²) in [7, 11) is -1.30. The summed E-state index contributed by atoms with van der Waals surface area (Å²) in [6, 6.07) is 3.33. The third kappa shape index (κ3) is 3.24. The van der Waals surface area contributed by atoms with Gasteiger partial charge in [0.25, 0.3) is 22.2 Å². The minimum atomic E-state index is -1.30. The highest BCUT2D eigenvalue weighted by atomic mass is 28.3. The van der Waals surface area contributed by atoms with Gasteiger partial charge in [0.2, 0.25) is 5.91 Å². The zero-order valence-electron chi connectivity index (χ0n) is 15.6. The van der Waals surface area contributed by atoms with E-state index in [1.54, 1.807) is 0 Å². The predicted molar refractivity (Wildman–Crippen MR) is 105 cm³/mol. The Balaban J connectivity index is 2.09. The lowest BCUT2D eigenvalue weighted by atomic mass is 10.1. The molecule has 2 heterocycles. The van der Waals surface area contributed by atoms with Crippen molar-refractivity contribution >= 4 is 35.5 Å². The summed E-state index contributed by atoms with van der Waals surface area (Å²) in [5.41, 5.74) is -2.72. The molecule has 0 saturated carbocycles. The maximum Gasteiger partial charge on any atom is 0.268 e. The summed E-state index contributed by atoms with van der Waals surface area (Å²) in [6.07, 6.45) is 0. The van der Waals surface area contributed by atoms with E-state index in [1.165, 1.54) is 12.1 Å². The van der Waals surface area contributed by atoms with Gasteiger partial charge in [-0.3, -0.25) is 24.0 Å². The molecule has 3 aromatic rings. The van der Waals surface area contributed by atoms with Crippen LogP contribution in [0.2, 0.25) is 25.7 Å². The summed E-state index contributed by atoms with van der Waals surface area (Å²) in [5.74, 6) is -0.712. The van der Waals surface area contributed by atoms with Crippen molar-refractivity contribution in [2.45, 2.75) is 39.3 Å². The predicted octanol–water partition coefficient (Wildman–Crippen LogP) is 0.885. The maximum absolute atomic E-state index is 12.6. The van der Waals surface area contributed by atoms with Crippen molar-refractivity contribution in [1.82, 2.24) is 9.13 Å². The Kier molecular flexibility index (Phi) is 4.60. The summed E-state index contributed by atoms with van der Waals surface area (Å²) in [6.45, 7) is 7.95. The first-order valence-electron chi connectivity index (χ1n) is 8.54. The average Bonchev–Trinajstić information content (AvgIpc) is 2.95. The number of carbonyl (C=O) groups is 1. The van der Waals surface area contributed by atoms with Gasteiger partial charge in [0.05, 0.1) is 21.5 Å². The maximum atomic E-state index is 12.6. The fraction of sp³-hybridized carbons (Fsp3) is 0.389. The number of hydrogen-bond donors (Lipinski definition) is 0. The van der Waals surface area contributed by atoms with Gasteiger partial charge in [0, 0.05) is 21.6 Å². The molecule has 0 bridgehead atoms. The van der Waals surface area contributed by atoms with E-state index in [0.29, 0.717) is 11.2 Å². The number of carbonyl (C=O) groups excluding carboxylic acids is 1. The summed E-state index contributed by atoms with van der Waals surface area (Å²) in [5, 5.41) is -0.00796. The zero-order valence-corrected chi connectivity index (χ0v) is 16.6. The van der Waals surface area contributed by atoms with Crippen molar-refractivity contribution in [1.29, 1.82) is 0 Å². The fourth-order valence-corrected chi connectivity index (χ4v) is 3.72. The molecule has 0 N–H and O–H groups in total. The lowest BCUT2D eigenvalue weighted by Crippen LogP contribution is -2.30. The van der Waals surface area contributed by atoms with Gasteiger partial charge in [-0.25, -0.2) is 9.13 Å². The minimum absolute atomic E-state index is 0.0408. The van der Waals surface area contributed by atoms with Crippen LogP contribution in [0.1, 0.15) is 11.7 Å². The van der Waals surface area contributed by atoms with E-state index in [9.17, 15) is 24.0 Å². The third-order valence-electron chi connectivity index (χ3n) is 4.51. The Bertz CT molecular complexity index is 1190. The Morgan fingerprint density at radius 1 is 0.889 bits per heavy atom.